The normalized spacial score (nSPS) is 13.9. The highest BCUT2D eigenvalue weighted by atomic mass is 32.2. The van der Waals surface area contributed by atoms with E-state index in [1.807, 2.05) is 6.07 Å². The summed E-state index contributed by atoms with van der Waals surface area (Å²) in [6, 6.07) is 3.52. The summed E-state index contributed by atoms with van der Waals surface area (Å²) in [6.07, 6.45) is 3.72. The number of pyridine rings is 1. The molecule has 0 saturated carbocycles. The summed E-state index contributed by atoms with van der Waals surface area (Å²) in [4.78, 5) is 3.84. The van der Waals surface area contributed by atoms with Crippen molar-refractivity contribution in [2.24, 2.45) is 0 Å². The van der Waals surface area contributed by atoms with Crippen LogP contribution in [0.15, 0.2) is 23.4 Å². The first kappa shape index (κ1) is 11.2. The molecule has 0 spiro atoms. The van der Waals surface area contributed by atoms with E-state index in [4.69, 9.17) is 0 Å². The summed E-state index contributed by atoms with van der Waals surface area (Å²) in [7, 11) is -3.18. The maximum Gasteiger partial charge on any atom is 0.192 e. The van der Waals surface area contributed by atoms with Crippen molar-refractivity contribution in [3.8, 4) is 0 Å². The molecule has 0 aliphatic rings. The second kappa shape index (κ2) is 4.09. The summed E-state index contributed by atoms with van der Waals surface area (Å²) in [6.45, 7) is 4.15. The highest BCUT2D eigenvalue weighted by molar-refractivity contribution is 7.90. The van der Waals surface area contributed by atoms with E-state index in [1.165, 1.54) is 6.26 Å². The Morgan fingerprint density at radius 3 is 2.64 bits per heavy atom. The van der Waals surface area contributed by atoms with Gasteiger partial charge in [-0.3, -0.25) is 0 Å². The molecule has 1 heterocycles. The fourth-order valence-corrected chi connectivity index (χ4v) is 1.77. The number of nitrogens with zero attached hydrogens (tertiary/aromatic N) is 1. The van der Waals surface area contributed by atoms with Crippen LogP contribution in [-0.2, 0) is 9.84 Å². The zero-order chi connectivity index (χ0) is 10.8. The van der Waals surface area contributed by atoms with Gasteiger partial charge in [0, 0.05) is 12.5 Å². The quantitative estimate of drug-likeness (QED) is 0.771. The SMILES string of the molecule is CC[C@H](C)c1ccnc(S(C)(=O)=O)c1. The summed E-state index contributed by atoms with van der Waals surface area (Å²) in [5.74, 6) is 0.374. The van der Waals surface area contributed by atoms with Crippen molar-refractivity contribution in [3.63, 3.8) is 0 Å². The number of hydrogen-bond donors (Lipinski definition) is 0. The molecule has 0 unspecified atom stereocenters. The maximum absolute atomic E-state index is 11.2. The summed E-state index contributed by atoms with van der Waals surface area (Å²) in [5, 5.41) is 0.162. The predicted octanol–water partition coefficient (Wildman–Crippen LogP) is 2.00. The second-order valence-corrected chi connectivity index (χ2v) is 5.47. The molecule has 4 heteroatoms. The van der Waals surface area contributed by atoms with Crippen molar-refractivity contribution in [2.75, 3.05) is 6.26 Å². The van der Waals surface area contributed by atoms with E-state index in [1.54, 1.807) is 12.3 Å². The van der Waals surface area contributed by atoms with Gasteiger partial charge in [-0.15, -0.1) is 0 Å². The van der Waals surface area contributed by atoms with E-state index < -0.39 is 9.84 Å². The molecule has 0 saturated heterocycles. The second-order valence-electron chi connectivity index (χ2n) is 3.51. The Morgan fingerprint density at radius 2 is 2.14 bits per heavy atom. The first-order chi connectivity index (χ1) is 6.45. The van der Waals surface area contributed by atoms with Crippen LogP contribution in [0, 0.1) is 0 Å². The zero-order valence-electron chi connectivity index (χ0n) is 8.69. The summed E-state index contributed by atoms with van der Waals surface area (Å²) in [5.41, 5.74) is 1.03. The highest BCUT2D eigenvalue weighted by Crippen LogP contribution is 2.19. The third kappa shape index (κ3) is 2.54. The molecule has 0 amide bonds. The maximum atomic E-state index is 11.2. The molecular formula is C10H15NO2S. The van der Waals surface area contributed by atoms with Crippen LogP contribution in [0.2, 0.25) is 0 Å². The van der Waals surface area contributed by atoms with Crippen molar-refractivity contribution >= 4 is 9.84 Å². The van der Waals surface area contributed by atoms with Crippen molar-refractivity contribution in [2.45, 2.75) is 31.2 Å². The monoisotopic (exact) mass is 213 g/mol. The van der Waals surface area contributed by atoms with Gasteiger partial charge in [-0.05, 0) is 30.0 Å². The van der Waals surface area contributed by atoms with Crippen LogP contribution in [0.1, 0.15) is 31.7 Å². The predicted molar refractivity (Wildman–Crippen MR) is 56.1 cm³/mol. The Balaban J connectivity index is 3.14. The molecule has 78 valence electrons. The molecule has 3 nitrogen and oxygen atoms in total. The molecule has 1 aromatic heterocycles. The van der Waals surface area contributed by atoms with Gasteiger partial charge in [0.15, 0.2) is 14.9 Å². The largest absolute Gasteiger partial charge is 0.245 e. The number of rotatable bonds is 3. The molecule has 0 aliphatic carbocycles. The Bertz CT molecular complexity index is 412. The van der Waals surface area contributed by atoms with Gasteiger partial charge in [0.2, 0.25) is 0 Å². The van der Waals surface area contributed by atoms with Crippen LogP contribution in [-0.4, -0.2) is 19.7 Å². The fourth-order valence-electron chi connectivity index (χ4n) is 1.17. The molecule has 1 rings (SSSR count). The molecule has 1 aromatic rings. The lowest BCUT2D eigenvalue weighted by Gasteiger charge is -2.09. The minimum Gasteiger partial charge on any atom is -0.245 e. The van der Waals surface area contributed by atoms with Crippen molar-refractivity contribution in [3.05, 3.63) is 23.9 Å². The lowest BCUT2D eigenvalue weighted by molar-refractivity contribution is 0.597. The lowest BCUT2D eigenvalue weighted by Crippen LogP contribution is -2.02. The molecule has 0 aliphatic heterocycles. The molecular weight excluding hydrogens is 198 g/mol. The van der Waals surface area contributed by atoms with Gasteiger partial charge in [-0.2, -0.15) is 0 Å². The van der Waals surface area contributed by atoms with E-state index in [0.717, 1.165) is 12.0 Å². The minimum atomic E-state index is -3.18. The van der Waals surface area contributed by atoms with Gasteiger partial charge in [-0.1, -0.05) is 13.8 Å². The Hall–Kier alpha value is -0.900. The molecule has 0 fully saturated rings. The average Bonchev–Trinajstić information content (AvgIpc) is 2.15. The summed E-state index contributed by atoms with van der Waals surface area (Å²) < 4.78 is 22.5. The van der Waals surface area contributed by atoms with E-state index in [-0.39, 0.29) is 5.03 Å². The van der Waals surface area contributed by atoms with Crippen LogP contribution in [0.3, 0.4) is 0 Å². The van der Waals surface area contributed by atoms with Crippen molar-refractivity contribution in [1.82, 2.24) is 4.98 Å². The Labute approximate surface area is 85.1 Å². The first-order valence-corrected chi connectivity index (χ1v) is 6.50. The molecule has 0 N–H and O–H groups in total. The van der Waals surface area contributed by atoms with Crippen LogP contribution in [0.5, 0.6) is 0 Å². The van der Waals surface area contributed by atoms with Gasteiger partial charge >= 0.3 is 0 Å². The smallest absolute Gasteiger partial charge is 0.192 e. The fraction of sp³-hybridized carbons (Fsp3) is 0.500. The van der Waals surface area contributed by atoms with Gasteiger partial charge < -0.3 is 0 Å². The van der Waals surface area contributed by atoms with Crippen LogP contribution < -0.4 is 0 Å². The molecule has 0 aromatic carbocycles. The van der Waals surface area contributed by atoms with Gasteiger partial charge in [0.25, 0.3) is 0 Å². The third-order valence-electron chi connectivity index (χ3n) is 2.32. The summed E-state index contributed by atoms with van der Waals surface area (Å²) >= 11 is 0. The number of hydrogen-bond acceptors (Lipinski definition) is 3. The first-order valence-electron chi connectivity index (χ1n) is 4.61. The standard InChI is InChI=1S/C10H15NO2S/c1-4-8(2)9-5-6-11-10(7-9)14(3,12)13/h5-8H,4H2,1-3H3/t8-/m0/s1. The Kier molecular flexibility index (Phi) is 3.26. The molecule has 0 bridgehead atoms. The topological polar surface area (TPSA) is 47.0 Å². The van der Waals surface area contributed by atoms with Crippen LogP contribution in [0.25, 0.3) is 0 Å². The number of aromatic nitrogens is 1. The van der Waals surface area contributed by atoms with E-state index in [2.05, 4.69) is 18.8 Å². The van der Waals surface area contributed by atoms with E-state index >= 15 is 0 Å². The lowest BCUT2D eigenvalue weighted by atomic mass is 10.0. The van der Waals surface area contributed by atoms with E-state index in [9.17, 15) is 8.42 Å². The van der Waals surface area contributed by atoms with Crippen molar-refractivity contribution in [1.29, 1.82) is 0 Å². The van der Waals surface area contributed by atoms with E-state index in [0.29, 0.717) is 5.92 Å². The van der Waals surface area contributed by atoms with Gasteiger partial charge in [-0.25, -0.2) is 13.4 Å². The molecule has 1 atom stereocenters. The molecule has 14 heavy (non-hydrogen) atoms. The minimum absolute atomic E-state index is 0.162. The van der Waals surface area contributed by atoms with Gasteiger partial charge in [0.1, 0.15) is 0 Å². The third-order valence-corrected chi connectivity index (χ3v) is 3.30. The van der Waals surface area contributed by atoms with Crippen molar-refractivity contribution < 1.29 is 8.42 Å². The van der Waals surface area contributed by atoms with Crippen LogP contribution in [0.4, 0.5) is 0 Å². The highest BCUT2D eigenvalue weighted by Gasteiger charge is 2.11. The Morgan fingerprint density at radius 1 is 1.50 bits per heavy atom. The van der Waals surface area contributed by atoms with Crippen LogP contribution >= 0.6 is 0 Å². The number of sulfone groups is 1. The zero-order valence-corrected chi connectivity index (χ0v) is 9.50. The molecule has 0 radical (unpaired) electrons. The van der Waals surface area contributed by atoms with Gasteiger partial charge in [0.05, 0.1) is 0 Å². The average molecular weight is 213 g/mol.